The molecule has 5 rings (SSSR count). The monoisotopic (exact) mass is 705 g/mol. The van der Waals surface area contributed by atoms with Gasteiger partial charge in [-0.05, 0) is 161 Å². The molecule has 0 saturated heterocycles. The summed E-state index contributed by atoms with van der Waals surface area (Å²) in [7, 11) is 0. The van der Waals surface area contributed by atoms with Crippen molar-refractivity contribution in [3.63, 3.8) is 0 Å². The number of carbonyl (C=O) groups excluding carboxylic acids is 1. The van der Waals surface area contributed by atoms with Crippen LogP contribution in [-0.4, -0.2) is 12.1 Å². The summed E-state index contributed by atoms with van der Waals surface area (Å²) in [5, 5.41) is 0. The van der Waals surface area contributed by atoms with Gasteiger partial charge in [0.15, 0.2) is 0 Å². The zero-order valence-corrected chi connectivity index (χ0v) is 35.3. The summed E-state index contributed by atoms with van der Waals surface area (Å²) in [6, 6.07) is 0. The van der Waals surface area contributed by atoms with Gasteiger partial charge in [0.25, 0.3) is 0 Å². The van der Waals surface area contributed by atoms with E-state index in [0.717, 1.165) is 37.0 Å². The summed E-state index contributed by atoms with van der Waals surface area (Å²) in [5.74, 6) is 4.01. The molecule has 51 heavy (non-hydrogen) atoms. The van der Waals surface area contributed by atoms with Gasteiger partial charge in [-0.15, -0.1) is 0 Å². The summed E-state index contributed by atoms with van der Waals surface area (Å²) in [6.45, 7) is 24.2. The second kappa shape index (κ2) is 17.2. The molecule has 0 heterocycles. The van der Waals surface area contributed by atoms with E-state index in [-0.39, 0.29) is 17.5 Å². The molecule has 0 bridgehead atoms. The van der Waals surface area contributed by atoms with Gasteiger partial charge in [-0.2, -0.15) is 0 Å². The van der Waals surface area contributed by atoms with E-state index in [1.165, 1.54) is 140 Å². The summed E-state index contributed by atoms with van der Waals surface area (Å²) < 4.78 is 6.42. The van der Waals surface area contributed by atoms with Crippen molar-refractivity contribution < 1.29 is 9.53 Å². The topological polar surface area (TPSA) is 26.3 Å². The molecule has 10 unspecified atom stereocenters. The third kappa shape index (κ3) is 8.17. The van der Waals surface area contributed by atoms with Crippen molar-refractivity contribution >= 4 is 5.97 Å². The third-order valence-corrected chi connectivity index (χ3v) is 17.6. The van der Waals surface area contributed by atoms with E-state index in [1.54, 1.807) is 0 Å². The summed E-state index contributed by atoms with van der Waals surface area (Å²) >= 11 is 0. The minimum absolute atomic E-state index is 0.0746. The van der Waals surface area contributed by atoms with Crippen molar-refractivity contribution in [3.8, 4) is 0 Å². The van der Waals surface area contributed by atoms with Crippen LogP contribution in [-0.2, 0) is 9.53 Å². The first-order valence-electron chi connectivity index (χ1n) is 22.8. The molecule has 2 nitrogen and oxygen atoms in total. The van der Waals surface area contributed by atoms with Gasteiger partial charge in [0.05, 0.1) is 0 Å². The molecule has 0 amide bonds. The molecule has 0 aromatic heterocycles. The van der Waals surface area contributed by atoms with E-state index in [0.29, 0.717) is 39.9 Å². The Bertz CT molecular complexity index is 1180. The van der Waals surface area contributed by atoms with Crippen LogP contribution in [0.3, 0.4) is 0 Å². The van der Waals surface area contributed by atoms with Crippen LogP contribution in [0.1, 0.15) is 216 Å². The molecule has 5 aliphatic rings. The molecule has 10 atom stereocenters. The molecule has 0 radical (unpaired) electrons. The summed E-state index contributed by atoms with van der Waals surface area (Å²) in [6.07, 6.45) is 37.3. The molecule has 5 aliphatic carbocycles. The molecule has 0 aromatic carbocycles. The number of ether oxygens (including phenoxy) is 1. The predicted molar refractivity (Wildman–Crippen MR) is 219 cm³/mol. The molecule has 0 aromatic rings. The lowest BCUT2D eigenvalue weighted by atomic mass is 9.41. The van der Waals surface area contributed by atoms with Gasteiger partial charge in [-0.25, -0.2) is 0 Å². The number of carbonyl (C=O) groups is 1. The number of fused-ring (bicyclic) bond motifs is 2. The Morgan fingerprint density at radius 2 is 1.33 bits per heavy atom. The minimum Gasteiger partial charge on any atom is -0.462 e. The van der Waals surface area contributed by atoms with E-state index >= 15 is 0 Å². The van der Waals surface area contributed by atoms with Crippen LogP contribution in [0, 0.1) is 56.7 Å². The van der Waals surface area contributed by atoms with Crippen LogP contribution in [0.15, 0.2) is 24.3 Å². The maximum Gasteiger partial charge on any atom is 0.306 e. The highest BCUT2D eigenvalue weighted by Gasteiger charge is 2.82. The number of allylic oxidation sites excluding steroid dienone is 3. The number of unbranched alkanes of at least 4 members (excludes halogenated alkanes) is 11. The van der Waals surface area contributed by atoms with Crippen LogP contribution in [0.2, 0.25) is 0 Å². The number of hydrogen-bond acceptors (Lipinski definition) is 2. The Kier molecular flexibility index (Phi) is 13.8. The second-order valence-corrected chi connectivity index (χ2v) is 20.6. The highest BCUT2D eigenvalue weighted by atomic mass is 16.5. The van der Waals surface area contributed by atoms with Crippen molar-refractivity contribution in [2.45, 2.75) is 222 Å². The molecule has 2 heteroatoms. The first kappa shape index (κ1) is 41.1. The minimum atomic E-state index is 0.0746. The first-order chi connectivity index (χ1) is 24.3. The lowest BCUT2D eigenvalue weighted by molar-refractivity contribution is -0.183. The lowest BCUT2D eigenvalue weighted by Gasteiger charge is -2.63. The zero-order chi connectivity index (χ0) is 36.9. The molecule has 5 fully saturated rings. The molecular formula is C49H84O2. The number of rotatable bonds is 21. The Balaban J connectivity index is 1.04. The summed E-state index contributed by atoms with van der Waals surface area (Å²) in [4.78, 5) is 13.2. The van der Waals surface area contributed by atoms with E-state index < -0.39 is 0 Å². The fourth-order valence-corrected chi connectivity index (χ4v) is 14.0. The van der Waals surface area contributed by atoms with E-state index in [1.807, 2.05) is 0 Å². The van der Waals surface area contributed by atoms with Crippen LogP contribution in [0.5, 0.6) is 0 Å². The Morgan fingerprint density at radius 1 is 0.725 bits per heavy atom. The van der Waals surface area contributed by atoms with Gasteiger partial charge in [-0.3, -0.25) is 4.79 Å². The zero-order valence-electron chi connectivity index (χ0n) is 35.3. The fourth-order valence-electron chi connectivity index (χ4n) is 14.0. The Morgan fingerprint density at radius 3 is 2.00 bits per heavy atom. The smallest absolute Gasteiger partial charge is 0.306 e. The van der Waals surface area contributed by atoms with Crippen LogP contribution in [0.4, 0.5) is 0 Å². The Labute approximate surface area is 317 Å². The standard InChI is InChI=1S/C49H84O2/c1-10-11-12-13-14-15-16-17-18-19-20-21-22-23-24-25-44(50)51-43-31-33-48-36-49(48)35-34-46(8)40(39(5)27-26-38(4)37(2)3)30-32-47(46,9)42(49)29-28-41(48)45(43,6)7/h17-18,38-43H,2,10-16,19-36H2,1,3-9H3. The van der Waals surface area contributed by atoms with Crippen LogP contribution in [0.25, 0.3) is 0 Å². The van der Waals surface area contributed by atoms with Gasteiger partial charge in [0, 0.05) is 11.8 Å². The van der Waals surface area contributed by atoms with Crippen LogP contribution >= 0.6 is 0 Å². The van der Waals surface area contributed by atoms with Gasteiger partial charge in [0.1, 0.15) is 6.10 Å². The second-order valence-electron chi connectivity index (χ2n) is 20.6. The van der Waals surface area contributed by atoms with Gasteiger partial charge >= 0.3 is 5.97 Å². The van der Waals surface area contributed by atoms with E-state index in [4.69, 9.17) is 4.74 Å². The average Bonchev–Trinajstić information content (AvgIpc) is 3.67. The van der Waals surface area contributed by atoms with E-state index in [9.17, 15) is 4.79 Å². The van der Waals surface area contributed by atoms with E-state index in [2.05, 4.69) is 74.1 Å². The highest BCUT2D eigenvalue weighted by molar-refractivity contribution is 5.69. The molecule has 5 saturated carbocycles. The Hall–Kier alpha value is -1.05. The average molecular weight is 705 g/mol. The van der Waals surface area contributed by atoms with Crippen LogP contribution < -0.4 is 0 Å². The largest absolute Gasteiger partial charge is 0.462 e. The molecule has 0 aliphatic heterocycles. The summed E-state index contributed by atoms with van der Waals surface area (Å²) in [5.41, 5.74) is 3.47. The predicted octanol–water partition coefficient (Wildman–Crippen LogP) is 15.0. The molecule has 2 spiro atoms. The SMILES string of the molecule is C=C(C)C(C)CCC(C)C1CCC2(C)C3CCC4C(C)(C)C(OC(=O)CCCCCCCC=CCCCCCCCC)CCC45CC35CCC12C. The molecular weight excluding hydrogens is 621 g/mol. The molecule has 292 valence electrons. The number of esters is 1. The number of hydrogen-bond donors (Lipinski definition) is 0. The molecule has 0 N–H and O–H groups in total. The van der Waals surface area contributed by atoms with Crippen molar-refractivity contribution in [2.24, 2.45) is 56.7 Å². The third-order valence-electron chi connectivity index (χ3n) is 17.6. The van der Waals surface area contributed by atoms with Crippen molar-refractivity contribution in [2.75, 3.05) is 0 Å². The first-order valence-corrected chi connectivity index (χ1v) is 22.8. The normalized spacial score (nSPS) is 37.6. The van der Waals surface area contributed by atoms with Gasteiger partial charge in [0.2, 0.25) is 0 Å². The quantitative estimate of drug-likeness (QED) is 0.0675. The van der Waals surface area contributed by atoms with Crippen molar-refractivity contribution in [1.82, 2.24) is 0 Å². The van der Waals surface area contributed by atoms with Gasteiger partial charge in [-0.1, -0.05) is 124 Å². The highest BCUT2D eigenvalue weighted by Crippen LogP contribution is 2.89. The maximum atomic E-state index is 13.2. The van der Waals surface area contributed by atoms with Crippen molar-refractivity contribution in [1.29, 1.82) is 0 Å². The van der Waals surface area contributed by atoms with Crippen molar-refractivity contribution in [3.05, 3.63) is 24.3 Å². The maximum absolute atomic E-state index is 13.2. The lowest BCUT2D eigenvalue weighted by Crippen LogP contribution is -2.58. The fraction of sp³-hybridized carbons (Fsp3) is 0.898. The van der Waals surface area contributed by atoms with Gasteiger partial charge < -0.3 is 4.74 Å².